The molecule has 0 bridgehead atoms. The van der Waals surface area contributed by atoms with Crippen molar-refractivity contribution in [1.82, 2.24) is 10.3 Å². The minimum Gasteiger partial charge on any atom is -0.310 e. The standard InChI is InChI=1S/C10H13BrN2.ClH/c11-10-7-8(4-6-13-10)9-3-1-2-5-12-9;/h4,6-7,9,12H,1-3,5H2;1H/t9-;/m1./s1. The van der Waals surface area contributed by atoms with Crippen molar-refractivity contribution in [3.8, 4) is 0 Å². The van der Waals surface area contributed by atoms with E-state index in [4.69, 9.17) is 0 Å². The van der Waals surface area contributed by atoms with E-state index in [1.165, 1.54) is 24.8 Å². The van der Waals surface area contributed by atoms with Crippen LogP contribution in [0, 0.1) is 0 Å². The van der Waals surface area contributed by atoms with Crippen molar-refractivity contribution in [3.63, 3.8) is 0 Å². The Hall–Kier alpha value is -0.120. The quantitative estimate of drug-likeness (QED) is 0.798. The Morgan fingerprint density at radius 2 is 2.29 bits per heavy atom. The van der Waals surface area contributed by atoms with Crippen molar-refractivity contribution in [3.05, 3.63) is 28.5 Å². The molecule has 0 saturated carbocycles. The van der Waals surface area contributed by atoms with Gasteiger partial charge in [0.2, 0.25) is 0 Å². The van der Waals surface area contributed by atoms with Crippen LogP contribution in [0.5, 0.6) is 0 Å². The van der Waals surface area contributed by atoms with Gasteiger partial charge in [-0.15, -0.1) is 12.4 Å². The molecule has 2 heterocycles. The Morgan fingerprint density at radius 1 is 1.43 bits per heavy atom. The number of hydrogen-bond acceptors (Lipinski definition) is 2. The Morgan fingerprint density at radius 3 is 2.93 bits per heavy atom. The highest BCUT2D eigenvalue weighted by Gasteiger charge is 2.14. The predicted octanol–water partition coefficient (Wildman–Crippen LogP) is 3.08. The summed E-state index contributed by atoms with van der Waals surface area (Å²) in [5.74, 6) is 0. The van der Waals surface area contributed by atoms with Gasteiger partial charge in [-0.1, -0.05) is 6.42 Å². The van der Waals surface area contributed by atoms with Gasteiger partial charge < -0.3 is 5.32 Å². The van der Waals surface area contributed by atoms with Crippen LogP contribution in [0.4, 0.5) is 0 Å². The number of rotatable bonds is 1. The van der Waals surface area contributed by atoms with E-state index >= 15 is 0 Å². The summed E-state index contributed by atoms with van der Waals surface area (Å²) >= 11 is 3.39. The van der Waals surface area contributed by atoms with Crippen LogP contribution in [0.25, 0.3) is 0 Å². The maximum absolute atomic E-state index is 4.12. The zero-order valence-electron chi connectivity index (χ0n) is 7.87. The third-order valence-electron chi connectivity index (χ3n) is 2.46. The lowest BCUT2D eigenvalue weighted by Gasteiger charge is -2.23. The lowest BCUT2D eigenvalue weighted by atomic mass is 9.99. The maximum Gasteiger partial charge on any atom is 0.106 e. The molecule has 1 aromatic rings. The molecule has 1 atom stereocenters. The Balaban J connectivity index is 0.000000980. The Kier molecular flexibility index (Phi) is 4.85. The van der Waals surface area contributed by atoms with Gasteiger partial charge >= 0.3 is 0 Å². The summed E-state index contributed by atoms with van der Waals surface area (Å²) in [6, 6.07) is 4.73. The van der Waals surface area contributed by atoms with E-state index < -0.39 is 0 Å². The lowest BCUT2D eigenvalue weighted by molar-refractivity contribution is 0.412. The molecule has 0 aliphatic carbocycles. The zero-order chi connectivity index (χ0) is 9.10. The fourth-order valence-electron chi connectivity index (χ4n) is 1.77. The van der Waals surface area contributed by atoms with Crippen LogP contribution in [-0.2, 0) is 0 Å². The average Bonchev–Trinajstić information content (AvgIpc) is 2.19. The van der Waals surface area contributed by atoms with Gasteiger partial charge in [-0.25, -0.2) is 4.98 Å². The van der Waals surface area contributed by atoms with Crippen LogP contribution in [0.3, 0.4) is 0 Å². The van der Waals surface area contributed by atoms with Crippen molar-refractivity contribution in [1.29, 1.82) is 0 Å². The molecular formula is C10H14BrClN2. The zero-order valence-corrected chi connectivity index (χ0v) is 10.3. The molecule has 14 heavy (non-hydrogen) atoms. The summed E-state index contributed by atoms with van der Waals surface area (Å²) < 4.78 is 0.928. The van der Waals surface area contributed by atoms with Crippen LogP contribution in [0.2, 0.25) is 0 Å². The molecule has 1 aliphatic heterocycles. The number of halogens is 2. The van der Waals surface area contributed by atoms with Gasteiger partial charge in [0.1, 0.15) is 4.60 Å². The first kappa shape index (κ1) is 12.0. The van der Waals surface area contributed by atoms with Crippen molar-refractivity contribution < 1.29 is 0 Å². The van der Waals surface area contributed by atoms with Crippen LogP contribution in [0.15, 0.2) is 22.9 Å². The molecule has 1 N–H and O–H groups in total. The lowest BCUT2D eigenvalue weighted by Crippen LogP contribution is -2.26. The number of piperidine rings is 1. The fourth-order valence-corrected chi connectivity index (χ4v) is 2.15. The van der Waals surface area contributed by atoms with E-state index in [0.717, 1.165) is 11.1 Å². The molecule has 1 aliphatic rings. The van der Waals surface area contributed by atoms with E-state index in [9.17, 15) is 0 Å². The summed E-state index contributed by atoms with van der Waals surface area (Å²) in [7, 11) is 0. The van der Waals surface area contributed by atoms with E-state index in [0.29, 0.717) is 6.04 Å². The van der Waals surface area contributed by atoms with E-state index in [1.807, 2.05) is 6.20 Å². The second kappa shape index (κ2) is 5.69. The van der Waals surface area contributed by atoms with Crippen molar-refractivity contribution in [2.75, 3.05) is 6.54 Å². The SMILES string of the molecule is Brc1cc([C@H]2CCCCN2)ccn1.Cl. The molecular weight excluding hydrogens is 263 g/mol. The van der Waals surface area contributed by atoms with Gasteiger partial charge in [-0.05, 0) is 53.0 Å². The number of nitrogens with zero attached hydrogens (tertiary/aromatic N) is 1. The summed E-state index contributed by atoms with van der Waals surface area (Å²) in [6.45, 7) is 1.14. The highest BCUT2D eigenvalue weighted by Crippen LogP contribution is 2.23. The molecule has 2 nitrogen and oxygen atoms in total. The van der Waals surface area contributed by atoms with Crippen molar-refractivity contribution in [2.45, 2.75) is 25.3 Å². The Labute approximate surface area is 99.0 Å². The second-order valence-electron chi connectivity index (χ2n) is 3.41. The molecule has 0 unspecified atom stereocenters. The van der Waals surface area contributed by atoms with Crippen LogP contribution < -0.4 is 5.32 Å². The van der Waals surface area contributed by atoms with E-state index in [2.05, 4.69) is 38.4 Å². The molecule has 78 valence electrons. The monoisotopic (exact) mass is 276 g/mol. The van der Waals surface area contributed by atoms with Gasteiger partial charge in [0.15, 0.2) is 0 Å². The second-order valence-corrected chi connectivity index (χ2v) is 4.23. The van der Waals surface area contributed by atoms with E-state index in [-0.39, 0.29) is 12.4 Å². The summed E-state index contributed by atoms with van der Waals surface area (Å²) in [4.78, 5) is 4.12. The molecule has 2 rings (SSSR count). The number of nitrogens with one attached hydrogen (secondary N) is 1. The number of hydrogen-bond donors (Lipinski definition) is 1. The van der Waals surface area contributed by atoms with Gasteiger partial charge in [-0.2, -0.15) is 0 Å². The first-order valence-corrected chi connectivity index (χ1v) is 5.50. The number of aromatic nitrogens is 1. The largest absolute Gasteiger partial charge is 0.310 e. The summed E-state index contributed by atoms with van der Waals surface area (Å²) in [5.41, 5.74) is 1.35. The van der Waals surface area contributed by atoms with Gasteiger partial charge in [0, 0.05) is 12.2 Å². The molecule has 0 radical (unpaired) electrons. The highest BCUT2D eigenvalue weighted by molar-refractivity contribution is 9.10. The topological polar surface area (TPSA) is 24.9 Å². The third kappa shape index (κ3) is 2.94. The smallest absolute Gasteiger partial charge is 0.106 e. The molecule has 1 saturated heterocycles. The molecule has 0 aromatic carbocycles. The van der Waals surface area contributed by atoms with Crippen molar-refractivity contribution in [2.24, 2.45) is 0 Å². The fraction of sp³-hybridized carbons (Fsp3) is 0.500. The molecule has 1 fully saturated rings. The van der Waals surface area contributed by atoms with Gasteiger partial charge in [0.05, 0.1) is 0 Å². The molecule has 1 aromatic heterocycles. The third-order valence-corrected chi connectivity index (χ3v) is 2.90. The van der Waals surface area contributed by atoms with Gasteiger partial charge in [0.25, 0.3) is 0 Å². The highest BCUT2D eigenvalue weighted by atomic mass is 79.9. The van der Waals surface area contributed by atoms with Crippen molar-refractivity contribution >= 4 is 28.3 Å². The van der Waals surface area contributed by atoms with Crippen LogP contribution in [0.1, 0.15) is 30.9 Å². The minimum atomic E-state index is 0. The van der Waals surface area contributed by atoms with Gasteiger partial charge in [-0.3, -0.25) is 0 Å². The predicted molar refractivity (Wildman–Crippen MR) is 63.8 cm³/mol. The first-order valence-electron chi connectivity index (χ1n) is 4.71. The molecule has 4 heteroatoms. The Bertz CT molecular complexity index is 287. The maximum atomic E-state index is 4.12. The number of pyridine rings is 1. The molecule has 0 spiro atoms. The van der Waals surface area contributed by atoms with Crippen LogP contribution in [-0.4, -0.2) is 11.5 Å². The summed E-state index contributed by atoms with van der Waals surface area (Å²) in [5, 5.41) is 3.51. The summed E-state index contributed by atoms with van der Waals surface area (Å²) in [6.07, 6.45) is 5.74. The first-order chi connectivity index (χ1) is 6.36. The van der Waals surface area contributed by atoms with Crippen LogP contribution >= 0.6 is 28.3 Å². The van der Waals surface area contributed by atoms with E-state index in [1.54, 1.807) is 0 Å². The normalized spacial score (nSPS) is 21.4. The molecule has 0 amide bonds. The minimum absolute atomic E-state index is 0. The average molecular weight is 278 g/mol.